The molecule has 1 amide bonds. The van der Waals surface area contributed by atoms with E-state index in [9.17, 15) is 14.9 Å². The van der Waals surface area contributed by atoms with Gasteiger partial charge >= 0.3 is 0 Å². The Morgan fingerprint density at radius 2 is 1.82 bits per heavy atom. The van der Waals surface area contributed by atoms with Crippen molar-refractivity contribution in [1.29, 1.82) is 0 Å². The number of non-ortho nitro benzene ring substituents is 1. The smallest absolute Gasteiger partial charge is 0.267 e. The molecule has 0 radical (unpaired) electrons. The third kappa shape index (κ3) is 3.76. The first-order chi connectivity index (χ1) is 10.5. The number of nitro benzene ring substituents is 1. The van der Waals surface area contributed by atoms with Gasteiger partial charge in [0.1, 0.15) is 0 Å². The number of hydrazone groups is 1. The first-order valence-electron chi connectivity index (χ1n) is 6.62. The SMILES string of the molecule is Cc1ccc(C(=O)NN=Cc2ccc([N+](=O)[O-])cc2)cc1C. The molecule has 0 aliphatic heterocycles. The van der Waals surface area contributed by atoms with Crippen molar-refractivity contribution in [3.8, 4) is 0 Å². The van der Waals surface area contributed by atoms with E-state index in [1.165, 1.54) is 18.3 Å². The number of rotatable bonds is 4. The Balaban J connectivity index is 2.00. The number of carbonyl (C=O) groups is 1. The second kappa shape index (κ2) is 6.62. The molecule has 0 aliphatic carbocycles. The van der Waals surface area contributed by atoms with Gasteiger partial charge in [-0.1, -0.05) is 6.07 Å². The van der Waals surface area contributed by atoms with Crippen LogP contribution in [0.25, 0.3) is 0 Å². The van der Waals surface area contributed by atoms with Crippen molar-refractivity contribution in [3.63, 3.8) is 0 Å². The molecule has 1 N–H and O–H groups in total. The van der Waals surface area contributed by atoms with Gasteiger partial charge in [0, 0.05) is 17.7 Å². The van der Waals surface area contributed by atoms with Crippen LogP contribution in [0.1, 0.15) is 27.0 Å². The van der Waals surface area contributed by atoms with Crippen molar-refractivity contribution in [1.82, 2.24) is 5.43 Å². The van der Waals surface area contributed by atoms with Gasteiger partial charge in [0.15, 0.2) is 0 Å². The highest BCUT2D eigenvalue weighted by atomic mass is 16.6. The quantitative estimate of drug-likeness (QED) is 0.535. The summed E-state index contributed by atoms with van der Waals surface area (Å²) in [5, 5.41) is 14.4. The summed E-state index contributed by atoms with van der Waals surface area (Å²) in [6, 6.07) is 11.3. The summed E-state index contributed by atoms with van der Waals surface area (Å²) >= 11 is 0. The average molecular weight is 297 g/mol. The van der Waals surface area contributed by atoms with Gasteiger partial charge in [-0.05, 0) is 54.8 Å². The van der Waals surface area contributed by atoms with Crippen LogP contribution < -0.4 is 5.43 Å². The zero-order valence-corrected chi connectivity index (χ0v) is 12.2. The lowest BCUT2D eigenvalue weighted by Crippen LogP contribution is -2.17. The fourth-order valence-corrected chi connectivity index (χ4v) is 1.79. The molecule has 0 aromatic heterocycles. The molecule has 6 heteroatoms. The Morgan fingerprint density at radius 1 is 1.14 bits per heavy atom. The van der Waals surface area contributed by atoms with Crippen molar-refractivity contribution in [3.05, 3.63) is 74.8 Å². The summed E-state index contributed by atoms with van der Waals surface area (Å²) in [5.41, 5.74) is 5.78. The topological polar surface area (TPSA) is 84.6 Å². The maximum atomic E-state index is 11.9. The lowest BCUT2D eigenvalue weighted by Gasteiger charge is -2.03. The third-order valence-corrected chi connectivity index (χ3v) is 3.25. The van der Waals surface area contributed by atoms with E-state index in [4.69, 9.17) is 0 Å². The number of amides is 1. The van der Waals surface area contributed by atoms with Crippen molar-refractivity contribution < 1.29 is 9.72 Å². The summed E-state index contributed by atoms with van der Waals surface area (Å²) in [6.45, 7) is 3.91. The number of carbonyl (C=O) groups excluding carboxylic acids is 1. The minimum absolute atomic E-state index is 0.0105. The van der Waals surface area contributed by atoms with E-state index in [-0.39, 0.29) is 11.6 Å². The predicted octanol–water partition coefficient (Wildman–Crippen LogP) is 2.98. The minimum Gasteiger partial charge on any atom is -0.267 e. The Bertz CT molecular complexity index is 737. The number of nitrogens with one attached hydrogen (secondary N) is 1. The molecule has 2 aromatic carbocycles. The first-order valence-corrected chi connectivity index (χ1v) is 6.62. The molecule has 22 heavy (non-hydrogen) atoms. The second-order valence-electron chi connectivity index (χ2n) is 4.85. The Kier molecular flexibility index (Phi) is 4.63. The summed E-state index contributed by atoms with van der Waals surface area (Å²) in [7, 11) is 0. The summed E-state index contributed by atoms with van der Waals surface area (Å²) in [6.07, 6.45) is 1.43. The minimum atomic E-state index is -0.470. The van der Waals surface area contributed by atoms with E-state index in [1.54, 1.807) is 24.3 Å². The Labute approximate surface area is 127 Å². The molecule has 0 atom stereocenters. The maximum Gasteiger partial charge on any atom is 0.271 e. The Hall–Kier alpha value is -3.02. The molecule has 0 fully saturated rings. The highest BCUT2D eigenvalue weighted by Crippen LogP contribution is 2.11. The fraction of sp³-hybridized carbons (Fsp3) is 0.125. The largest absolute Gasteiger partial charge is 0.271 e. The van der Waals surface area contributed by atoms with Gasteiger partial charge in [-0.15, -0.1) is 0 Å². The van der Waals surface area contributed by atoms with E-state index in [0.29, 0.717) is 11.1 Å². The molecule has 0 heterocycles. The van der Waals surface area contributed by atoms with Crippen LogP contribution in [0.4, 0.5) is 5.69 Å². The van der Waals surface area contributed by atoms with Crippen LogP contribution in [0.5, 0.6) is 0 Å². The highest BCUT2D eigenvalue weighted by molar-refractivity contribution is 5.95. The molecule has 2 aromatic rings. The molecule has 112 valence electrons. The van der Waals surface area contributed by atoms with Gasteiger partial charge in [-0.2, -0.15) is 5.10 Å². The monoisotopic (exact) mass is 297 g/mol. The van der Waals surface area contributed by atoms with E-state index in [2.05, 4.69) is 10.5 Å². The van der Waals surface area contributed by atoms with Crippen molar-refractivity contribution >= 4 is 17.8 Å². The van der Waals surface area contributed by atoms with E-state index in [0.717, 1.165) is 11.1 Å². The standard InChI is InChI=1S/C16H15N3O3/c1-11-3-6-14(9-12(11)2)16(20)18-17-10-13-4-7-15(8-5-13)19(21)22/h3-10H,1-2H3,(H,18,20). The van der Waals surface area contributed by atoms with E-state index < -0.39 is 4.92 Å². The average Bonchev–Trinajstić information content (AvgIpc) is 2.50. The summed E-state index contributed by atoms with van der Waals surface area (Å²) < 4.78 is 0. The van der Waals surface area contributed by atoms with Gasteiger partial charge in [-0.3, -0.25) is 14.9 Å². The molecule has 0 unspecified atom stereocenters. The molecule has 0 saturated carbocycles. The van der Waals surface area contributed by atoms with Crippen LogP contribution in [0, 0.1) is 24.0 Å². The summed E-state index contributed by atoms with van der Waals surface area (Å²) in [4.78, 5) is 22.0. The molecule has 6 nitrogen and oxygen atoms in total. The fourth-order valence-electron chi connectivity index (χ4n) is 1.79. The van der Waals surface area contributed by atoms with Crippen LogP contribution in [0.15, 0.2) is 47.6 Å². The molecule has 0 saturated heterocycles. The van der Waals surface area contributed by atoms with Crippen LogP contribution >= 0.6 is 0 Å². The molecule has 0 aliphatic rings. The van der Waals surface area contributed by atoms with Gasteiger partial charge in [-0.25, -0.2) is 5.43 Å². The van der Waals surface area contributed by atoms with Crippen LogP contribution in [0.3, 0.4) is 0 Å². The summed E-state index contributed by atoms with van der Waals surface area (Å²) in [5.74, 6) is -0.304. The molecule has 2 rings (SSSR count). The zero-order valence-electron chi connectivity index (χ0n) is 12.2. The van der Waals surface area contributed by atoms with Gasteiger partial charge in [0.05, 0.1) is 11.1 Å². The number of hydrogen-bond donors (Lipinski definition) is 1. The highest BCUT2D eigenvalue weighted by Gasteiger charge is 2.05. The molecular formula is C16H15N3O3. The zero-order chi connectivity index (χ0) is 16.1. The van der Waals surface area contributed by atoms with Crippen LogP contribution in [-0.4, -0.2) is 17.0 Å². The van der Waals surface area contributed by atoms with Gasteiger partial charge in [0.2, 0.25) is 0 Å². The maximum absolute atomic E-state index is 11.9. The normalized spacial score (nSPS) is 10.6. The number of nitro groups is 1. The van der Waals surface area contributed by atoms with Crippen molar-refractivity contribution in [2.45, 2.75) is 13.8 Å². The van der Waals surface area contributed by atoms with Crippen LogP contribution in [0.2, 0.25) is 0 Å². The number of nitrogens with zero attached hydrogens (tertiary/aromatic N) is 2. The molecular weight excluding hydrogens is 282 g/mol. The van der Waals surface area contributed by atoms with Crippen molar-refractivity contribution in [2.24, 2.45) is 5.10 Å². The van der Waals surface area contributed by atoms with Crippen molar-refractivity contribution in [2.75, 3.05) is 0 Å². The Morgan fingerprint density at radius 3 is 2.41 bits per heavy atom. The van der Waals surface area contributed by atoms with Gasteiger partial charge in [0.25, 0.3) is 11.6 Å². The predicted molar refractivity (Wildman–Crippen MR) is 84.1 cm³/mol. The second-order valence-corrected chi connectivity index (χ2v) is 4.85. The first kappa shape index (κ1) is 15.4. The van der Waals surface area contributed by atoms with E-state index >= 15 is 0 Å². The lowest BCUT2D eigenvalue weighted by molar-refractivity contribution is -0.384. The van der Waals surface area contributed by atoms with E-state index in [1.807, 2.05) is 19.9 Å². The molecule has 0 spiro atoms. The van der Waals surface area contributed by atoms with Crippen LogP contribution in [-0.2, 0) is 0 Å². The van der Waals surface area contributed by atoms with Gasteiger partial charge < -0.3 is 0 Å². The number of aryl methyl sites for hydroxylation is 2. The lowest BCUT2D eigenvalue weighted by atomic mass is 10.1. The molecule has 0 bridgehead atoms. The number of benzene rings is 2. The number of hydrogen-bond acceptors (Lipinski definition) is 4. The third-order valence-electron chi connectivity index (χ3n) is 3.25.